The van der Waals surface area contributed by atoms with Crippen molar-refractivity contribution in [1.82, 2.24) is 14.9 Å². The van der Waals surface area contributed by atoms with Crippen LogP contribution in [0.5, 0.6) is 0 Å². The zero-order valence-corrected chi connectivity index (χ0v) is 14.5. The summed E-state index contributed by atoms with van der Waals surface area (Å²) in [5, 5.41) is 3.25. The predicted molar refractivity (Wildman–Crippen MR) is 97.2 cm³/mol. The van der Waals surface area contributed by atoms with E-state index in [1.807, 2.05) is 6.07 Å². The van der Waals surface area contributed by atoms with Crippen molar-refractivity contribution in [3.05, 3.63) is 54.0 Å². The first-order valence-corrected chi connectivity index (χ1v) is 8.56. The maximum Gasteiger partial charge on any atom is 0.273 e. The van der Waals surface area contributed by atoms with Crippen molar-refractivity contribution < 1.29 is 4.79 Å². The first kappa shape index (κ1) is 17.9. The second-order valence-electron chi connectivity index (χ2n) is 5.88. The van der Waals surface area contributed by atoms with Crippen molar-refractivity contribution in [3.8, 4) is 0 Å². The third kappa shape index (κ3) is 5.65. The fraction of sp³-hybridized carbons (Fsp3) is 0.421. The van der Waals surface area contributed by atoms with E-state index < -0.39 is 0 Å². The van der Waals surface area contributed by atoms with Crippen LogP contribution in [0, 0.1) is 0 Å². The third-order valence-corrected chi connectivity index (χ3v) is 3.86. The number of hydrogen-bond donors (Lipinski definition) is 1. The van der Waals surface area contributed by atoms with E-state index in [0.29, 0.717) is 11.5 Å². The first-order chi connectivity index (χ1) is 11.7. The van der Waals surface area contributed by atoms with Gasteiger partial charge in [-0.2, -0.15) is 0 Å². The first-order valence-electron chi connectivity index (χ1n) is 8.56. The average molecular weight is 326 g/mol. The fourth-order valence-corrected chi connectivity index (χ4v) is 2.38. The van der Waals surface area contributed by atoms with E-state index >= 15 is 0 Å². The highest BCUT2D eigenvalue weighted by atomic mass is 16.2. The van der Waals surface area contributed by atoms with Gasteiger partial charge in [0.05, 0.1) is 12.4 Å². The van der Waals surface area contributed by atoms with Gasteiger partial charge in [0.25, 0.3) is 5.91 Å². The van der Waals surface area contributed by atoms with E-state index in [0.717, 1.165) is 38.8 Å². The Balaban J connectivity index is 1.76. The molecule has 24 heavy (non-hydrogen) atoms. The lowest BCUT2D eigenvalue weighted by atomic mass is 10.1. The highest BCUT2D eigenvalue weighted by molar-refractivity contribution is 5.91. The maximum absolute atomic E-state index is 12.2. The van der Waals surface area contributed by atoms with Crippen LogP contribution >= 0.6 is 0 Å². The van der Waals surface area contributed by atoms with E-state index in [9.17, 15) is 4.79 Å². The summed E-state index contributed by atoms with van der Waals surface area (Å²) in [6.07, 6.45) is 7.28. The molecule has 1 amide bonds. The minimum absolute atomic E-state index is 0.0772. The lowest BCUT2D eigenvalue weighted by Gasteiger charge is -2.16. The number of carbonyl (C=O) groups is 1. The van der Waals surface area contributed by atoms with Crippen molar-refractivity contribution in [3.63, 3.8) is 0 Å². The number of hydrogen-bond acceptors (Lipinski definition) is 4. The zero-order valence-electron chi connectivity index (χ0n) is 14.5. The zero-order chi connectivity index (χ0) is 17.2. The number of amides is 1. The molecule has 5 nitrogen and oxygen atoms in total. The smallest absolute Gasteiger partial charge is 0.273 e. The number of aryl methyl sites for hydroxylation is 1. The Hall–Kier alpha value is -2.43. The second-order valence-corrected chi connectivity index (χ2v) is 5.88. The summed E-state index contributed by atoms with van der Waals surface area (Å²) in [5.41, 5.74) is 1.73. The minimum atomic E-state index is -0.0772. The lowest BCUT2D eigenvalue weighted by Crippen LogP contribution is -2.28. The number of nitrogens with one attached hydrogen (secondary N) is 1. The Morgan fingerprint density at radius 2 is 1.92 bits per heavy atom. The Morgan fingerprint density at radius 3 is 2.58 bits per heavy atom. The Kier molecular flexibility index (Phi) is 7.21. The molecule has 1 aromatic carbocycles. The summed E-state index contributed by atoms with van der Waals surface area (Å²) in [7, 11) is 1.80. The molecule has 0 spiro atoms. The molecule has 1 N–H and O–H groups in total. The van der Waals surface area contributed by atoms with E-state index in [4.69, 9.17) is 0 Å². The molecule has 0 bridgehead atoms. The summed E-state index contributed by atoms with van der Waals surface area (Å²) in [6.45, 7) is 3.68. The molecule has 0 saturated carbocycles. The molecule has 0 atom stereocenters. The van der Waals surface area contributed by atoms with E-state index in [1.165, 1.54) is 5.56 Å². The molecule has 2 aromatic rings. The molecule has 0 saturated heterocycles. The Morgan fingerprint density at radius 1 is 1.12 bits per heavy atom. The number of unbranched alkanes of at least 4 members (excludes halogenated alkanes) is 1. The molecular formula is C19H26N4O. The highest BCUT2D eigenvalue weighted by Gasteiger charge is 2.12. The van der Waals surface area contributed by atoms with Gasteiger partial charge in [-0.1, -0.05) is 43.7 Å². The Labute approximate surface area is 144 Å². The van der Waals surface area contributed by atoms with Crippen LogP contribution in [0.1, 0.15) is 42.2 Å². The quantitative estimate of drug-likeness (QED) is 0.718. The van der Waals surface area contributed by atoms with E-state index in [2.05, 4.69) is 46.5 Å². The molecule has 0 unspecified atom stereocenters. The van der Waals surface area contributed by atoms with Gasteiger partial charge in [0.2, 0.25) is 0 Å². The predicted octanol–water partition coefficient (Wildman–Crippen LogP) is 3.39. The van der Waals surface area contributed by atoms with Gasteiger partial charge in [-0.05, 0) is 24.8 Å². The van der Waals surface area contributed by atoms with Crippen molar-refractivity contribution >= 4 is 11.7 Å². The summed E-state index contributed by atoms with van der Waals surface area (Å²) >= 11 is 0. The normalized spacial score (nSPS) is 10.4. The molecule has 1 aromatic heterocycles. The van der Waals surface area contributed by atoms with Gasteiger partial charge in [0.15, 0.2) is 0 Å². The molecule has 0 aliphatic carbocycles. The van der Waals surface area contributed by atoms with Crippen molar-refractivity contribution in [1.29, 1.82) is 0 Å². The van der Waals surface area contributed by atoms with Gasteiger partial charge < -0.3 is 10.2 Å². The SMILES string of the molecule is CCCCN(C)C(=O)c1cnc(NCCCc2ccccc2)cn1. The summed E-state index contributed by atoms with van der Waals surface area (Å²) in [4.78, 5) is 22.4. The number of rotatable bonds is 9. The van der Waals surface area contributed by atoms with Gasteiger partial charge in [0, 0.05) is 20.1 Å². The monoisotopic (exact) mass is 326 g/mol. The van der Waals surface area contributed by atoms with E-state index in [1.54, 1.807) is 24.3 Å². The standard InChI is InChI=1S/C19H26N4O/c1-3-4-13-23(2)19(24)17-14-22-18(15-21-17)20-12-8-11-16-9-6-5-7-10-16/h5-7,9-10,14-15H,3-4,8,11-13H2,1-2H3,(H,20,22). The summed E-state index contributed by atoms with van der Waals surface area (Å²) in [5.74, 6) is 0.627. The van der Waals surface area contributed by atoms with Gasteiger partial charge >= 0.3 is 0 Å². The van der Waals surface area contributed by atoms with Crippen LogP contribution in [0.2, 0.25) is 0 Å². The molecule has 128 valence electrons. The van der Waals surface area contributed by atoms with Crippen LogP contribution < -0.4 is 5.32 Å². The van der Waals surface area contributed by atoms with Crippen LogP contribution in [0.15, 0.2) is 42.7 Å². The molecule has 0 radical (unpaired) electrons. The number of anilines is 1. The van der Waals surface area contributed by atoms with Crippen molar-refractivity contribution in [2.24, 2.45) is 0 Å². The molecule has 0 aliphatic rings. The second kappa shape index (κ2) is 9.65. The highest BCUT2D eigenvalue weighted by Crippen LogP contribution is 2.06. The molecular weight excluding hydrogens is 300 g/mol. The van der Waals surface area contributed by atoms with Gasteiger partial charge in [-0.3, -0.25) is 4.79 Å². The summed E-state index contributed by atoms with van der Waals surface area (Å²) < 4.78 is 0. The van der Waals surface area contributed by atoms with Crippen LogP contribution in [-0.2, 0) is 6.42 Å². The molecule has 2 rings (SSSR count). The van der Waals surface area contributed by atoms with Crippen LogP contribution in [0.4, 0.5) is 5.82 Å². The third-order valence-electron chi connectivity index (χ3n) is 3.86. The van der Waals surface area contributed by atoms with Gasteiger partial charge in [0.1, 0.15) is 11.5 Å². The largest absolute Gasteiger partial charge is 0.369 e. The van der Waals surface area contributed by atoms with Gasteiger partial charge in [-0.25, -0.2) is 9.97 Å². The number of benzene rings is 1. The van der Waals surface area contributed by atoms with Crippen molar-refractivity contribution in [2.45, 2.75) is 32.6 Å². The van der Waals surface area contributed by atoms with E-state index in [-0.39, 0.29) is 5.91 Å². The maximum atomic E-state index is 12.2. The van der Waals surface area contributed by atoms with Crippen LogP contribution in [0.25, 0.3) is 0 Å². The number of carbonyl (C=O) groups excluding carboxylic acids is 1. The van der Waals surface area contributed by atoms with Crippen LogP contribution in [0.3, 0.4) is 0 Å². The summed E-state index contributed by atoms with van der Waals surface area (Å²) in [6, 6.07) is 10.4. The van der Waals surface area contributed by atoms with Crippen LogP contribution in [-0.4, -0.2) is 40.9 Å². The van der Waals surface area contributed by atoms with Crippen molar-refractivity contribution in [2.75, 3.05) is 25.5 Å². The average Bonchev–Trinajstić information content (AvgIpc) is 2.64. The number of aromatic nitrogens is 2. The molecule has 1 heterocycles. The molecule has 5 heteroatoms. The fourth-order valence-electron chi connectivity index (χ4n) is 2.38. The molecule has 0 fully saturated rings. The number of nitrogens with zero attached hydrogens (tertiary/aromatic N) is 3. The van der Waals surface area contributed by atoms with Gasteiger partial charge in [-0.15, -0.1) is 0 Å². The Bertz CT molecular complexity index is 613. The lowest BCUT2D eigenvalue weighted by molar-refractivity contribution is 0.0787. The minimum Gasteiger partial charge on any atom is -0.369 e. The molecule has 0 aliphatic heterocycles. The topological polar surface area (TPSA) is 58.1 Å².